The van der Waals surface area contributed by atoms with Gasteiger partial charge in [0.2, 0.25) is 0 Å². The fourth-order valence-corrected chi connectivity index (χ4v) is 2.57. The summed E-state index contributed by atoms with van der Waals surface area (Å²) in [4.78, 5) is 2.29. The number of nitrogens with zero attached hydrogens (tertiary/aromatic N) is 1. The highest BCUT2D eigenvalue weighted by Gasteiger charge is 2.18. The Labute approximate surface area is 118 Å². The van der Waals surface area contributed by atoms with Crippen molar-refractivity contribution in [3.63, 3.8) is 0 Å². The molecule has 0 saturated carbocycles. The molecular formula is C16H27NS. The summed E-state index contributed by atoms with van der Waals surface area (Å²) < 4.78 is 0. The largest absolute Gasteiger partial charge is 0.302 e. The second kappa shape index (κ2) is 6.12. The van der Waals surface area contributed by atoms with Crippen molar-refractivity contribution in [2.24, 2.45) is 0 Å². The molecule has 1 aromatic carbocycles. The molecule has 2 heteroatoms. The number of rotatable bonds is 4. The molecule has 1 atom stereocenters. The van der Waals surface area contributed by atoms with E-state index in [-0.39, 0.29) is 5.41 Å². The zero-order valence-electron chi connectivity index (χ0n) is 12.6. The molecule has 1 unspecified atom stereocenters. The van der Waals surface area contributed by atoms with E-state index in [9.17, 15) is 0 Å². The van der Waals surface area contributed by atoms with Crippen LogP contribution in [0.2, 0.25) is 0 Å². The van der Waals surface area contributed by atoms with Gasteiger partial charge < -0.3 is 4.90 Å². The molecule has 1 nitrogen and oxygen atoms in total. The van der Waals surface area contributed by atoms with Crippen molar-refractivity contribution in [3.8, 4) is 0 Å². The summed E-state index contributed by atoms with van der Waals surface area (Å²) in [6.07, 6.45) is 1.09. The second-order valence-electron chi connectivity index (χ2n) is 6.31. The smallest absolute Gasteiger partial charge is 0.0352 e. The molecule has 1 aromatic rings. The minimum atomic E-state index is 0.223. The molecule has 0 aromatic heterocycles. The Morgan fingerprint density at radius 3 is 2.22 bits per heavy atom. The summed E-state index contributed by atoms with van der Waals surface area (Å²) in [5, 5.41) is 0. The molecule has 0 spiro atoms. The third-order valence-corrected chi connectivity index (χ3v) is 3.78. The topological polar surface area (TPSA) is 3.24 Å². The van der Waals surface area contributed by atoms with Gasteiger partial charge in [-0.25, -0.2) is 0 Å². The van der Waals surface area contributed by atoms with Crippen LogP contribution in [0.15, 0.2) is 18.2 Å². The van der Waals surface area contributed by atoms with E-state index >= 15 is 0 Å². The quantitative estimate of drug-likeness (QED) is 0.798. The highest BCUT2D eigenvalue weighted by Crippen LogP contribution is 2.30. The van der Waals surface area contributed by atoms with Gasteiger partial charge >= 0.3 is 0 Å². The lowest BCUT2D eigenvalue weighted by atomic mass is 9.84. The highest BCUT2D eigenvalue weighted by molar-refractivity contribution is 7.80. The van der Waals surface area contributed by atoms with E-state index in [1.54, 1.807) is 0 Å². The predicted molar refractivity (Wildman–Crippen MR) is 84.8 cm³/mol. The highest BCUT2D eigenvalue weighted by atomic mass is 32.1. The van der Waals surface area contributed by atoms with E-state index in [0.29, 0.717) is 6.04 Å². The molecule has 0 heterocycles. The lowest BCUT2D eigenvalue weighted by Gasteiger charge is -2.27. The van der Waals surface area contributed by atoms with Crippen molar-refractivity contribution in [1.82, 2.24) is 4.90 Å². The van der Waals surface area contributed by atoms with Crippen LogP contribution in [0.1, 0.15) is 49.9 Å². The van der Waals surface area contributed by atoms with Crippen LogP contribution in [0.5, 0.6) is 0 Å². The van der Waals surface area contributed by atoms with Crippen LogP contribution in [-0.4, -0.2) is 24.7 Å². The predicted octanol–water partition coefficient (Wildman–Crippen LogP) is 4.22. The van der Waals surface area contributed by atoms with E-state index in [1.165, 1.54) is 16.7 Å². The fraction of sp³-hybridized carbons (Fsp3) is 0.625. The van der Waals surface area contributed by atoms with E-state index in [0.717, 1.165) is 12.2 Å². The Balaban J connectivity index is 3.11. The minimum Gasteiger partial charge on any atom is -0.302 e. The molecule has 0 radical (unpaired) electrons. The first-order valence-corrected chi connectivity index (χ1v) is 7.29. The standard InChI is InChI=1S/C16H27NS/c1-12-11-13(16(2,3)4)7-8-14(12)15(9-10-18)17(5)6/h7-8,11,15,18H,9-10H2,1-6H3. The van der Waals surface area contributed by atoms with Gasteiger partial charge in [-0.2, -0.15) is 12.6 Å². The normalized spacial score (nSPS) is 14.0. The van der Waals surface area contributed by atoms with Gasteiger partial charge in [0.05, 0.1) is 0 Å². The molecule has 0 fully saturated rings. The first kappa shape index (κ1) is 15.6. The molecule has 0 saturated heterocycles. The zero-order chi connectivity index (χ0) is 13.9. The van der Waals surface area contributed by atoms with E-state index in [2.05, 4.69) is 77.5 Å². The van der Waals surface area contributed by atoms with Crippen molar-refractivity contribution in [3.05, 3.63) is 34.9 Å². The maximum absolute atomic E-state index is 4.38. The maximum atomic E-state index is 4.38. The average Bonchev–Trinajstić information content (AvgIpc) is 2.24. The molecule has 0 aliphatic rings. The Bertz CT molecular complexity index is 391. The fourth-order valence-electron chi connectivity index (χ4n) is 2.33. The van der Waals surface area contributed by atoms with Gasteiger partial charge in [-0.15, -0.1) is 0 Å². The second-order valence-corrected chi connectivity index (χ2v) is 6.76. The van der Waals surface area contributed by atoms with Crippen molar-refractivity contribution in [2.75, 3.05) is 19.8 Å². The molecule has 0 amide bonds. The Kier molecular flexibility index (Phi) is 5.30. The Morgan fingerprint density at radius 1 is 1.22 bits per heavy atom. The zero-order valence-corrected chi connectivity index (χ0v) is 13.5. The summed E-state index contributed by atoms with van der Waals surface area (Å²) in [6, 6.07) is 7.38. The maximum Gasteiger partial charge on any atom is 0.0352 e. The van der Waals surface area contributed by atoms with Crippen LogP contribution >= 0.6 is 12.6 Å². The van der Waals surface area contributed by atoms with Gasteiger partial charge in [-0.1, -0.05) is 39.0 Å². The first-order chi connectivity index (χ1) is 8.27. The molecule has 18 heavy (non-hydrogen) atoms. The number of aryl methyl sites for hydroxylation is 1. The molecular weight excluding hydrogens is 238 g/mol. The molecule has 102 valence electrons. The van der Waals surface area contributed by atoms with Crippen LogP contribution in [0, 0.1) is 6.92 Å². The number of thiol groups is 1. The third kappa shape index (κ3) is 3.76. The van der Waals surface area contributed by atoms with Crippen LogP contribution in [0.4, 0.5) is 0 Å². The van der Waals surface area contributed by atoms with E-state index in [4.69, 9.17) is 0 Å². The van der Waals surface area contributed by atoms with E-state index in [1.807, 2.05) is 0 Å². The van der Waals surface area contributed by atoms with Gasteiger partial charge in [0.25, 0.3) is 0 Å². The van der Waals surface area contributed by atoms with Crippen molar-refractivity contribution in [1.29, 1.82) is 0 Å². The molecule has 0 N–H and O–H groups in total. The van der Waals surface area contributed by atoms with Crippen molar-refractivity contribution >= 4 is 12.6 Å². The average molecular weight is 265 g/mol. The Hall–Kier alpha value is -0.470. The summed E-state index contributed by atoms with van der Waals surface area (Å²) >= 11 is 4.38. The molecule has 0 bridgehead atoms. The van der Waals surface area contributed by atoms with Gasteiger partial charge in [0.15, 0.2) is 0 Å². The number of benzene rings is 1. The monoisotopic (exact) mass is 265 g/mol. The van der Waals surface area contributed by atoms with Gasteiger partial charge in [-0.3, -0.25) is 0 Å². The van der Waals surface area contributed by atoms with E-state index < -0.39 is 0 Å². The van der Waals surface area contributed by atoms with Crippen LogP contribution < -0.4 is 0 Å². The lowest BCUT2D eigenvalue weighted by molar-refractivity contribution is 0.292. The molecule has 0 aliphatic heterocycles. The SMILES string of the molecule is Cc1cc(C(C)(C)C)ccc1C(CCS)N(C)C. The van der Waals surface area contributed by atoms with Gasteiger partial charge in [-0.05, 0) is 55.3 Å². The summed E-state index contributed by atoms with van der Waals surface area (Å²) in [5.74, 6) is 0.920. The number of hydrogen-bond acceptors (Lipinski definition) is 2. The van der Waals surface area contributed by atoms with Crippen molar-refractivity contribution < 1.29 is 0 Å². The van der Waals surface area contributed by atoms with Gasteiger partial charge in [0.1, 0.15) is 0 Å². The summed E-state index contributed by atoms with van der Waals surface area (Å²) in [5.41, 5.74) is 4.46. The minimum absolute atomic E-state index is 0.223. The third-order valence-electron chi connectivity index (χ3n) is 3.52. The lowest BCUT2D eigenvalue weighted by Crippen LogP contribution is -2.22. The van der Waals surface area contributed by atoms with Crippen LogP contribution in [0.3, 0.4) is 0 Å². The summed E-state index contributed by atoms with van der Waals surface area (Å²) in [7, 11) is 4.29. The Morgan fingerprint density at radius 2 is 1.83 bits per heavy atom. The van der Waals surface area contributed by atoms with Gasteiger partial charge in [0, 0.05) is 6.04 Å². The van der Waals surface area contributed by atoms with Crippen LogP contribution in [-0.2, 0) is 5.41 Å². The first-order valence-electron chi connectivity index (χ1n) is 6.65. The van der Waals surface area contributed by atoms with Crippen LogP contribution in [0.25, 0.3) is 0 Å². The number of hydrogen-bond donors (Lipinski definition) is 1. The van der Waals surface area contributed by atoms with Crippen molar-refractivity contribution in [2.45, 2.75) is 45.6 Å². The summed E-state index contributed by atoms with van der Waals surface area (Å²) in [6.45, 7) is 9.01. The molecule has 0 aliphatic carbocycles. The molecule has 1 rings (SSSR count).